The topological polar surface area (TPSA) is 46.9 Å². The summed E-state index contributed by atoms with van der Waals surface area (Å²) in [5, 5.41) is 7.06. The number of hydrogen-bond donors (Lipinski definition) is 1. The van der Waals surface area contributed by atoms with Crippen LogP contribution >= 0.6 is 0 Å². The van der Waals surface area contributed by atoms with Crippen molar-refractivity contribution in [2.45, 2.75) is 13.0 Å². The molecule has 3 rings (SSSR count). The largest absolute Gasteiger partial charge is 0.325 e. The van der Waals surface area contributed by atoms with Gasteiger partial charge in [-0.05, 0) is 35.4 Å². The van der Waals surface area contributed by atoms with Crippen molar-refractivity contribution >= 4 is 11.6 Å². The summed E-state index contributed by atoms with van der Waals surface area (Å²) in [6.45, 7) is 0.573. The third-order valence-electron chi connectivity index (χ3n) is 3.44. The first-order valence-corrected chi connectivity index (χ1v) is 7.30. The SMILES string of the molecule is O=C(Cc1cccc(F)c1)Nc1ccccc1Cn1cccn1. The molecule has 3 aromatic rings. The number of halogens is 1. The van der Waals surface area contributed by atoms with Crippen molar-refractivity contribution in [2.24, 2.45) is 0 Å². The summed E-state index contributed by atoms with van der Waals surface area (Å²) in [5.74, 6) is -0.516. The zero-order valence-corrected chi connectivity index (χ0v) is 12.4. The van der Waals surface area contributed by atoms with Crippen molar-refractivity contribution in [2.75, 3.05) is 5.32 Å². The molecule has 0 saturated heterocycles. The summed E-state index contributed by atoms with van der Waals surface area (Å²) in [5.41, 5.74) is 2.35. The number of amides is 1. The van der Waals surface area contributed by atoms with E-state index in [0.29, 0.717) is 12.1 Å². The standard InChI is InChI=1S/C18H16FN3O/c19-16-7-3-5-14(11-16)12-18(23)21-17-8-2-1-6-15(17)13-22-10-4-9-20-22/h1-11H,12-13H2,(H,21,23). The Morgan fingerprint density at radius 3 is 2.78 bits per heavy atom. The van der Waals surface area contributed by atoms with Gasteiger partial charge in [0.15, 0.2) is 0 Å². The minimum Gasteiger partial charge on any atom is -0.325 e. The quantitative estimate of drug-likeness (QED) is 0.786. The monoisotopic (exact) mass is 309 g/mol. The van der Waals surface area contributed by atoms with Crippen LogP contribution in [0, 0.1) is 5.82 Å². The normalized spacial score (nSPS) is 10.5. The smallest absolute Gasteiger partial charge is 0.228 e. The Balaban J connectivity index is 1.71. The van der Waals surface area contributed by atoms with E-state index in [2.05, 4.69) is 10.4 Å². The molecule has 0 radical (unpaired) electrons. The Hall–Kier alpha value is -2.95. The molecule has 0 aliphatic rings. The summed E-state index contributed by atoms with van der Waals surface area (Å²) in [6, 6.07) is 15.5. The van der Waals surface area contributed by atoms with Crippen molar-refractivity contribution in [3.05, 3.63) is 83.9 Å². The van der Waals surface area contributed by atoms with Crippen molar-refractivity contribution < 1.29 is 9.18 Å². The lowest BCUT2D eigenvalue weighted by molar-refractivity contribution is -0.115. The van der Waals surface area contributed by atoms with Gasteiger partial charge in [0.05, 0.1) is 13.0 Å². The average Bonchev–Trinajstić information content (AvgIpc) is 3.02. The fourth-order valence-electron chi connectivity index (χ4n) is 2.38. The van der Waals surface area contributed by atoms with Crippen LogP contribution in [0.5, 0.6) is 0 Å². The Morgan fingerprint density at radius 2 is 2.00 bits per heavy atom. The predicted octanol–water partition coefficient (Wildman–Crippen LogP) is 3.25. The molecule has 2 aromatic carbocycles. The van der Waals surface area contributed by atoms with Gasteiger partial charge in [0, 0.05) is 18.1 Å². The summed E-state index contributed by atoms with van der Waals surface area (Å²) in [6.07, 6.45) is 3.71. The second kappa shape index (κ2) is 6.87. The minimum absolute atomic E-state index is 0.133. The molecule has 0 atom stereocenters. The van der Waals surface area contributed by atoms with E-state index in [9.17, 15) is 9.18 Å². The van der Waals surface area contributed by atoms with E-state index in [1.165, 1.54) is 12.1 Å². The van der Waals surface area contributed by atoms with Gasteiger partial charge in [-0.25, -0.2) is 4.39 Å². The maximum absolute atomic E-state index is 13.2. The number of nitrogens with zero attached hydrogens (tertiary/aromatic N) is 2. The molecule has 1 N–H and O–H groups in total. The van der Waals surface area contributed by atoms with Gasteiger partial charge >= 0.3 is 0 Å². The number of carbonyl (C=O) groups excluding carboxylic acids is 1. The molecule has 0 fully saturated rings. The first-order valence-electron chi connectivity index (χ1n) is 7.30. The molecule has 0 bridgehead atoms. The molecule has 0 spiro atoms. The van der Waals surface area contributed by atoms with Crippen molar-refractivity contribution in [1.29, 1.82) is 0 Å². The van der Waals surface area contributed by atoms with Gasteiger partial charge in [0.2, 0.25) is 5.91 Å². The van der Waals surface area contributed by atoms with E-state index in [0.717, 1.165) is 11.3 Å². The Bertz CT molecular complexity index is 800. The number of aromatic nitrogens is 2. The first-order chi connectivity index (χ1) is 11.2. The number of para-hydroxylation sites is 1. The number of carbonyl (C=O) groups is 1. The van der Waals surface area contributed by atoms with Gasteiger partial charge in [0.1, 0.15) is 5.82 Å². The molecule has 5 heteroatoms. The molecule has 116 valence electrons. The van der Waals surface area contributed by atoms with Crippen LogP contribution in [0.1, 0.15) is 11.1 Å². The number of rotatable bonds is 5. The molecule has 0 saturated carbocycles. The van der Waals surface area contributed by atoms with Gasteiger partial charge in [-0.2, -0.15) is 5.10 Å². The van der Waals surface area contributed by atoms with Gasteiger partial charge in [-0.3, -0.25) is 9.48 Å². The van der Waals surface area contributed by atoms with E-state index in [-0.39, 0.29) is 18.1 Å². The van der Waals surface area contributed by atoms with Crippen LogP contribution in [0.2, 0.25) is 0 Å². The maximum Gasteiger partial charge on any atom is 0.228 e. The molecule has 0 unspecified atom stereocenters. The van der Waals surface area contributed by atoms with Crippen molar-refractivity contribution in [3.8, 4) is 0 Å². The molecular weight excluding hydrogens is 293 g/mol. The fraction of sp³-hybridized carbons (Fsp3) is 0.111. The lowest BCUT2D eigenvalue weighted by Crippen LogP contribution is -2.16. The van der Waals surface area contributed by atoms with Crippen LogP contribution < -0.4 is 5.32 Å². The van der Waals surface area contributed by atoms with Crippen LogP contribution in [-0.2, 0) is 17.8 Å². The lowest BCUT2D eigenvalue weighted by Gasteiger charge is -2.11. The zero-order chi connectivity index (χ0) is 16.1. The molecule has 1 amide bonds. The highest BCUT2D eigenvalue weighted by atomic mass is 19.1. The molecule has 1 aromatic heterocycles. The van der Waals surface area contributed by atoms with Gasteiger partial charge < -0.3 is 5.32 Å². The molecule has 0 aliphatic carbocycles. The molecule has 0 aliphatic heterocycles. The van der Waals surface area contributed by atoms with Crippen LogP contribution in [0.15, 0.2) is 67.0 Å². The van der Waals surface area contributed by atoms with Crippen LogP contribution in [-0.4, -0.2) is 15.7 Å². The van der Waals surface area contributed by atoms with Crippen LogP contribution in [0.4, 0.5) is 10.1 Å². The summed E-state index contributed by atoms with van der Waals surface area (Å²) in [7, 11) is 0. The summed E-state index contributed by atoms with van der Waals surface area (Å²) in [4.78, 5) is 12.2. The second-order valence-corrected chi connectivity index (χ2v) is 5.22. The second-order valence-electron chi connectivity index (χ2n) is 5.22. The van der Waals surface area contributed by atoms with Crippen molar-refractivity contribution in [3.63, 3.8) is 0 Å². The Morgan fingerprint density at radius 1 is 1.13 bits per heavy atom. The highest BCUT2D eigenvalue weighted by molar-refractivity contribution is 5.93. The molecule has 1 heterocycles. The highest BCUT2D eigenvalue weighted by Gasteiger charge is 2.08. The maximum atomic E-state index is 13.2. The predicted molar refractivity (Wildman–Crippen MR) is 86.5 cm³/mol. The van der Waals surface area contributed by atoms with Gasteiger partial charge in [-0.15, -0.1) is 0 Å². The number of nitrogens with one attached hydrogen (secondary N) is 1. The summed E-state index contributed by atoms with van der Waals surface area (Å²) < 4.78 is 15.0. The molecular formula is C18H16FN3O. The van der Waals surface area contributed by atoms with E-state index in [4.69, 9.17) is 0 Å². The number of anilines is 1. The minimum atomic E-state index is -0.339. The zero-order valence-electron chi connectivity index (χ0n) is 12.4. The third kappa shape index (κ3) is 4.03. The fourth-order valence-corrected chi connectivity index (χ4v) is 2.38. The van der Waals surface area contributed by atoms with Gasteiger partial charge in [0.25, 0.3) is 0 Å². The Kier molecular flexibility index (Phi) is 4.47. The summed E-state index contributed by atoms with van der Waals surface area (Å²) >= 11 is 0. The van der Waals surface area contributed by atoms with E-state index < -0.39 is 0 Å². The van der Waals surface area contributed by atoms with E-state index in [1.54, 1.807) is 23.0 Å². The number of hydrogen-bond acceptors (Lipinski definition) is 2. The van der Waals surface area contributed by atoms with Crippen LogP contribution in [0.3, 0.4) is 0 Å². The van der Waals surface area contributed by atoms with Crippen molar-refractivity contribution in [1.82, 2.24) is 9.78 Å². The van der Waals surface area contributed by atoms with E-state index >= 15 is 0 Å². The third-order valence-corrected chi connectivity index (χ3v) is 3.44. The first kappa shape index (κ1) is 15.0. The number of benzene rings is 2. The molecule has 23 heavy (non-hydrogen) atoms. The average molecular weight is 309 g/mol. The molecule has 4 nitrogen and oxygen atoms in total. The lowest BCUT2D eigenvalue weighted by atomic mass is 10.1. The highest BCUT2D eigenvalue weighted by Crippen LogP contribution is 2.17. The Labute approximate surface area is 133 Å². The van der Waals surface area contributed by atoms with Crippen LogP contribution in [0.25, 0.3) is 0 Å². The van der Waals surface area contributed by atoms with Gasteiger partial charge in [-0.1, -0.05) is 30.3 Å². The van der Waals surface area contributed by atoms with E-state index in [1.807, 2.05) is 36.5 Å².